The molecule has 1 aromatic rings. The molecular formula is C11H19N3O3. The molecule has 1 aliphatic heterocycles. The van der Waals surface area contributed by atoms with Crippen molar-refractivity contribution in [1.29, 1.82) is 0 Å². The molecule has 2 heterocycles. The average Bonchev–Trinajstić information content (AvgIpc) is 2.88. The minimum atomic E-state index is -0.479. The maximum atomic E-state index is 5.86. The van der Waals surface area contributed by atoms with Crippen molar-refractivity contribution >= 4 is 0 Å². The van der Waals surface area contributed by atoms with Gasteiger partial charge in [0.1, 0.15) is 5.60 Å². The van der Waals surface area contributed by atoms with E-state index in [0.717, 1.165) is 19.3 Å². The van der Waals surface area contributed by atoms with Crippen molar-refractivity contribution in [1.82, 2.24) is 10.1 Å². The second-order valence-corrected chi connectivity index (χ2v) is 4.28. The summed E-state index contributed by atoms with van der Waals surface area (Å²) in [7, 11) is 1.67. The van der Waals surface area contributed by atoms with Gasteiger partial charge in [0.2, 0.25) is 11.7 Å². The van der Waals surface area contributed by atoms with Crippen molar-refractivity contribution in [2.75, 3.05) is 20.3 Å². The van der Waals surface area contributed by atoms with Crippen molar-refractivity contribution < 1.29 is 14.0 Å². The van der Waals surface area contributed by atoms with Gasteiger partial charge in [-0.2, -0.15) is 4.98 Å². The van der Waals surface area contributed by atoms with Crippen LogP contribution in [0.4, 0.5) is 0 Å². The van der Waals surface area contributed by atoms with Crippen LogP contribution in [0.1, 0.15) is 43.9 Å². The lowest BCUT2D eigenvalue weighted by atomic mass is 9.93. The highest BCUT2D eigenvalue weighted by atomic mass is 16.5. The van der Waals surface area contributed by atoms with Gasteiger partial charge in [-0.25, -0.2) is 0 Å². The quantitative estimate of drug-likeness (QED) is 0.850. The van der Waals surface area contributed by atoms with Gasteiger partial charge in [0.25, 0.3) is 0 Å². The molecule has 1 unspecified atom stereocenters. The lowest BCUT2D eigenvalue weighted by Gasteiger charge is -2.32. The number of nitrogens with zero attached hydrogens (tertiary/aromatic N) is 2. The Hall–Kier alpha value is -0.980. The Bertz CT molecular complexity index is 361. The number of aromatic nitrogens is 2. The molecule has 0 bridgehead atoms. The Balaban J connectivity index is 2.22. The first-order valence-electron chi connectivity index (χ1n) is 5.94. The van der Waals surface area contributed by atoms with Gasteiger partial charge >= 0.3 is 0 Å². The Morgan fingerprint density at radius 3 is 2.76 bits per heavy atom. The Kier molecular flexibility index (Phi) is 3.76. The van der Waals surface area contributed by atoms with E-state index in [2.05, 4.69) is 10.1 Å². The van der Waals surface area contributed by atoms with Crippen LogP contribution in [-0.2, 0) is 15.1 Å². The molecule has 0 radical (unpaired) electrons. The van der Waals surface area contributed by atoms with Crippen LogP contribution in [0.25, 0.3) is 0 Å². The molecule has 1 aliphatic rings. The molecule has 0 spiro atoms. The second-order valence-electron chi connectivity index (χ2n) is 4.28. The van der Waals surface area contributed by atoms with Crippen LogP contribution in [-0.4, -0.2) is 30.5 Å². The Labute approximate surface area is 100 Å². The van der Waals surface area contributed by atoms with Crippen LogP contribution < -0.4 is 5.73 Å². The van der Waals surface area contributed by atoms with Crippen LogP contribution in [0.3, 0.4) is 0 Å². The van der Waals surface area contributed by atoms with Crippen molar-refractivity contribution in [2.24, 2.45) is 5.73 Å². The summed E-state index contributed by atoms with van der Waals surface area (Å²) >= 11 is 0. The zero-order valence-corrected chi connectivity index (χ0v) is 10.3. The molecule has 0 amide bonds. The third kappa shape index (κ3) is 2.34. The maximum Gasteiger partial charge on any atom is 0.243 e. The highest BCUT2D eigenvalue weighted by Gasteiger charge is 2.39. The van der Waals surface area contributed by atoms with Gasteiger partial charge in [-0.05, 0) is 6.42 Å². The second kappa shape index (κ2) is 5.12. The summed E-state index contributed by atoms with van der Waals surface area (Å²) in [6, 6.07) is -0.204. The number of methoxy groups -OCH3 is 1. The van der Waals surface area contributed by atoms with Crippen molar-refractivity contribution in [3.8, 4) is 0 Å². The van der Waals surface area contributed by atoms with Crippen molar-refractivity contribution in [2.45, 2.75) is 37.8 Å². The highest BCUT2D eigenvalue weighted by molar-refractivity contribution is 5.04. The first-order valence-corrected chi connectivity index (χ1v) is 5.94. The van der Waals surface area contributed by atoms with E-state index in [9.17, 15) is 0 Å². The van der Waals surface area contributed by atoms with Crippen molar-refractivity contribution in [3.05, 3.63) is 11.7 Å². The van der Waals surface area contributed by atoms with E-state index in [1.54, 1.807) is 7.11 Å². The summed E-state index contributed by atoms with van der Waals surface area (Å²) in [5, 5.41) is 4.01. The van der Waals surface area contributed by atoms with Crippen LogP contribution in [0, 0.1) is 0 Å². The lowest BCUT2D eigenvalue weighted by molar-refractivity contribution is -0.101. The van der Waals surface area contributed by atoms with E-state index >= 15 is 0 Å². The molecule has 1 fully saturated rings. The van der Waals surface area contributed by atoms with Gasteiger partial charge in [-0.3, -0.25) is 0 Å². The molecule has 0 saturated carbocycles. The predicted octanol–water partition coefficient (Wildman–Crippen LogP) is 1.13. The predicted molar refractivity (Wildman–Crippen MR) is 60.3 cm³/mol. The molecule has 2 rings (SSSR count). The van der Waals surface area contributed by atoms with Crippen LogP contribution in [0.2, 0.25) is 0 Å². The molecule has 1 saturated heterocycles. The first kappa shape index (κ1) is 12.5. The van der Waals surface area contributed by atoms with Crippen molar-refractivity contribution in [3.63, 3.8) is 0 Å². The highest BCUT2D eigenvalue weighted by Crippen LogP contribution is 2.33. The molecule has 0 aromatic carbocycles. The number of ether oxygens (including phenoxy) is 2. The molecular weight excluding hydrogens is 222 g/mol. The first-order chi connectivity index (χ1) is 8.22. The van der Waals surface area contributed by atoms with Gasteiger partial charge in [0, 0.05) is 33.2 Å². The number of rotatable bonds is 4. The molecule has 1 atom stereocenters. The van der Waals surface area contributed by atoms with E-state index < -0.39 is 5.60 Å². The Morgan fingerprint density at radius 1 is 1.47 bits per heavy atom. The van der Waals surface area contributed by atoms with Crippen LogP contribution in [0.5, 0.6) is 0 Å². The fourth-order valence-corrected chi connectivity index (χ4v) is 1.97. The largest absolute Gasteiger partial charge is 0.381 e. The minimum Gasteiger partial charge on any atom is -0.381 e. The molecule has 96 valence electrons. The van der Waals surface area contributed by atoms with Gasteiger partial charge < -0.3 is 19.7 Å². The zero-order chi connectivity index (χ0) is 12.3. The van der Waals surface area contributed by atoms with Gasteiger partial charge in [0.15, 0.2) is 0 Å². The van der Waals surface area contributed by atoms with E-state index in [1.165, 1.54) is 0 Å². The van der Waals surface area contributed by atoms with E-state index in [-0.39, 0.29) is 6.04 Å². The van der Waals surface area contributed by atoms with E-state index in [4.69, 9.17) is 19.7 Å². The van der Waals surface area contributed by atoms with Gasteiger partial charge in [-0.1, -0.05) is 12.1 Å². The summed E-state index contributed by atoms with van der Waals surface area (Å²) < 4.78 is 16.1. The SMILES string of the molecule is CCC(N)c1nc(C2(OC)CCOCC2)no1. The summed E-state index contributed by atoms with van der Waals surface area (Å²) in [5.74, 6) is 1.06. The monoisotopic (exact) mass is 241 g/mol. The summed E-state index contributed by atoms with van der Waals surface area (Å²) in [5.41, 5.74) is 5.38. The minimum absolute atomic E-state index is 0.204. The summed E-state index contributed by atoms with van der Waals surface area (Å²) in [4.78, 5) is 4.36. The smallest absolute Gasteiger partial charge is 0.243 e. The summed E-state index contributed by atoms with van der Waals surface area (Å²) in [6.45, 7) is 3.28. The van der Waals surface area contributed by atoms with Gasteiger partial charge in [0.05, 0.1) is 6.04 Å². The van der Waals surface area contributed by atoms with E-state index in [1.807, 2.05) is 6.92 Å². The fraction of sp³-hybridized carbons (Fsp3) is 0.818. The standard InChI is InChI=1S/C11H19N3O3/c1-3-8(12)9-13-10(14-17-9)11(15-2)4-6-16-7-5-11/h8H,3-7,12H2,1-2H3. The molecule has 6 heteroatoms. The topological polar surface area (TPSA) is 83.4 Å². The molecule has 1 aromatic heterocycles. The number of nitrogens with two attached hydrogens (primary N) is 1. The normalized spacial score (nSPS) is 21.4. The molecule has 17 heavy (non-hydrogen) atoms. The average molecular weight is 241 g/mol. The van der Waals surface area contributed by atoms with Crippen LogP contribution in [0.15, 0.2) is 4.52 Å². The number of hydrogen-bond donors (Lipinski definition) is 1. The molecule has 0 aliphatic carbocycles. The zero-order valence-electron chi connectivity index (χ0n) is 10.3. The molecule has 2 N–H and O–H groups in total. The third-order valence-electron chi connectivity index (χ3n) is 3.30. The maximum absolute atomic E-state index is 5.86. The van der Waals surface area contributed by atoms with E-state index in [0.29, 0.717) is 24.9 Å². The third-order valence-corrected chi connectivity index (χ3v) is 3.30. The summed E-state index contributed by atoms with van der Waals surface area (Å²) in [6.07, 6.45) is 2.25. The number of hydrogen-bond acceptors (Lipinski definition) is 6. The fourth-order valence-electron chi connectivity index (χ4n) is 1.97. The molecule has 6 nitrogen and oxygen atoms in total. The Morgan fingerprint density at radius 2 is 2.18 bits per heavy atom. The van der Waals surface area contributed by atoms with Crippen LogP contribution >= 0.6 is 0 Å². The lowest BCUT2D eigenvalue weighted by Crippen LogP contribution is -2.36. The van der Waals surface area contributed by atoms with Gasteiger partial charge in [-0.15, -0.1) is 0 Å².